The maximum Gasteiger partial charge on any atom is 0.115 e. The summed E-state index contributed by atoms with van der Waals surface area (Å²) in [5.74, 6) is 2.80. The molecule has 0 heterocycles. The molecule has 0 radical (unpaired) electrons. The van der Waals surface area contributed by atoms with E-state index < -0.39 is 0 Å². The molecule has 2 nitrogen and oxygen atoms in total. The lowest BCUT2D eigenvalue weighted by Gasteiger charge is -2.50. The lowest BCUT2D eigenvalue weighted by molar-refractivity contribution is 0.0427. The van der Waals surface area contributed by atoms with Crippen molar-refractivity contribution in [2.24, 2.45) is 23.2 Å². The number of phenolic OH excluding ortho intramolecular Hbond substituents is 1. The third-order valence-electron chi connectivity index (χ3n) is 6.87. The Balaban J connectivity index is 1.70. The van der Waals surface area contributed by atoms with Gasteiger partial charge in [0.15, 0.2) is 0 Å². The normalized spacial score (nSPS) is 40.8. The largest absolute Gasteiger partial charge is 0.508 e. The molecule has 0 spiro atoms. The second-order valence-electron chi connectivity index (χ2n) is 7.60. The summed E-state index contributed by atoms with van der Waals surface area (Å²) in [7, 11) is 0. The van der Waals surface area contributed by atoms with Gasteiger partial charge >= 0.3 is 0 Å². The van der Waals surface area contributed by atoms with E-state index in [0.717, 1.165) is 24.7 Å². The van der Waals surface area contributed by atoms with Gasteiger partial charge in [-0.3, -0.25) is 0 Å². The van der Waals surface area contributed by atoms with E-state index in [2.05, 4.69) is 19.1 Å². The van der Waals surface area contributed by atoms with Crippen molar-refractivity contribution < 1.29 is 5.11 Å². The summed E-state index contributed by atoms with van der Waals surface area (Å²) in [5.41, 5.74) is 3.09. The number of benzene rings is 1. The number of rotatable bonds is 0. The summed E-state index contributed by atoms with van der Waals surface area (Å²) in [4.78, 5) is 0. The Bertz CT molecular complexity index is 616. The topological polar surface area (TPSA) is 44.0 Å². The van der Waals surface area contributed by atoms with E-state index in [1.54, 1.807) is 0 Å². The number of nitrogens with zero attached hydrogens (tertiary/aromatic N) is 1. The van der Waals surface area contributed by atoms with Gasteiger partial charge in [-0.2, -0.15) is 5.26 Å². The average molecular weight is 281 g/mol. The van der Waals surface area contributed by atoms with E-state index in [0.29, 0.717) is 11.7 Å². The average Bonchev–Trinajstić information content (AvgIpc) is 2.83. The predicted molar refractivity (Wildman–Crippen MR) is 81.8 cm³/mol. The first-order valence-electron chi connectivity index (χ1n) is 8.35. The minimum atomic E-state index is 0.254. The van der Waals surface area contributed by atoms with Crippen LogP contribution >= 0.6 is 0 Å². The van der Waals surface area contributed by atoms with Crippen LogP contribution in [0, 0.1) is 34.5 Å². The van der Waals surface area contributed by atoms with Crippen molar-refractivity contribution in [2.75, 3.05) is 0 Å². The van der Waals surface area contributed by atoms with Crippen LogP contribution in [0.15, 0.2) is 18.2 Å². The molecule has 0 amide bonds. The van der Waals surface area contributed by atoms with E-state index in [1.165, 1.54) is 36.8 Å². The minimum absolute atomic E-state index is 0.254. The van der Waals surface area contributed by atoms with Gasteiger partial charge in [-0.05, 0) is 85.0 Å². The fraction of sp³-hybridized carbons (Fsp3) is 0.632. The number of phenols is 1. The molecule has 21 heavy (non-hydrogen) atoms. The zero-order valence-electron chi connectivity index (χ0n) is 12.7. The van der Waals surface area contributed by atoms with Crippen LogP contribution in [-0.4, -0.2) is 5.11 Å². The summed E-state index contributed by atoms with van der Waals surface area (Å²) in [5, 5.41) is 19.2. The van der Waals surface area contributed by atoms with Gasteiger partial charge in [-0.15, -0.1) is 0 Å². The van der Waals surface area contributed by atoms with Crippen molar-refractivity contribution in [2.45, 2.75) is 51.4 Å². The van der Waals surface area contributed by atoms with Crippen molar-refractivity contribution in [3.05, 3.63) is 29.3 Å². The summed E-state index contributed by atoms with van der Waals surface area (Å²) in [6.07, 6.45) is 7.08. The quantitative estimate of drug-likeness (QED) is 0.766. The molecule has 0 aliphatic heterocycles. The smallest absolute Gasteiger partial charge is 0.115 e. The summed E-state index contributed by atoms with van der Waals surface area (Å²) >= 11 is 0. The van der Waals surface area contributed by atoms with Gasteiger partial charge in [-0.1, -0.05) is 13.0 Å². The van der Waals surface area contributed by atoms with Crippen LogP contribution in [0.2, 0.25) is 0 Å². The van der Waals surface area contributed by atoms with Gasteiger partial charge in [0.1, 0.15) is 5.75 Å². The maximum atomic E-state index is 9.71. The first kappa shape index (κ1) is 13.2. The Kier molecular flexibility index (Phi) is 2.83. The Morgan fingerprint density at radius 3 is 2.90 bits per heavy atom. The summed E-state index contributed by atoms with van der Waals surface area (Å²) in [6, 6.07) is 8.56. The van der Waals surface area contributed by atoms with Gasteiger partial charge < -0.3 is 5.11 Å². The van der Waals surface area contributed by atoms with Crippen LogP contribution in [0.3, 0.4) is 0 Å². The molecule has 1 aromatic carbocycles. The Labute approximate surface area is 126 Å². The van der Waals surface area contributed by atoms with Gasteiger partial charge in [0, 0.05) is 0 Å². The van der Waals surface area contributed by atoms with E-state index in [-0.39, 0.29) is 11.3 Å². The second kappa shape index (κ2) is 4.50. The minimum Gasteiger partial charge on any atom is -0.508 e. The first-order valence-corrected chi connectivity index (χ1v) is 8.35. The Hall–Kier alpha value is -1.49. The highest BCUT2D eigenvalue weighted by Crippen LogP contribution is 2.62. The zero-order chi connectivity index (χ0) is 14.6. The van der Waals surface area contributed by atoms with Crippen molar-refractivity contribution in [1.29, 1.82) is 5.26 Å². The number of aryl methyl sites for hydroxylation is 1. The van der Waals surface area contributed by atoms with Crippen LogP contribution in [0.25, 0.3) is 0 Å². The number of aromatic hydroxyl groups is 1. The van der Waals surface area contributed by atoms with E-state index in [9.17, 15) is 10.4 Å². The van der Waals surface area contributed by atoms with Gasteiger partial charge in [-0.25, -0.2) is 0 Å². The number of hydrogen-bond donors (Lipinski definition) is 1. The number of nitriles is 1. The van der Waals surface area contributed by atoms with Crippen LogP contribution in [0.4, 0.5) is 0 Å². The monoisotopic (exact) mass is 281 g/mol. The second-order valence-corrected chi connectivity index (χ2v) is 7.60. The van der Waals surface area contributed by atoms with Crippen LogP contribution in [-0.2, 0) is 6.42 Å². The van der Waals surface area contributed by atoms with Crippen molar-refractivity contribution >= 4 is 0 Å². The number of hydrogen-bond acceptors (Lipinski definition) is 2. The molecular weight excluding hydrogens is 258 g/mol. The van der Waals surface area contributed by atoms with Crippen molar-refractivity contribution in [1.82, 2.24) is 0 Å². The van der Waals surface area contributed by atoms with Gasteiger partial charge in [0.25, 0.3) is 0 Å². The molecule has 0 bridgehead atoms. The molecule has 0 saturated heterocycles. The first-order chi connectivity index (χ1) is 10.1. The fourth-order valence-corrected chi connectivity index (χ4v) is 5.78. The molecule has 2 saturated carbocycles. The molecule has 2 heteroatoms. The molecule has 110 valence electrons. The highest BCUT2D eigenvalue weighted by Gasteiger charge is 2.54. The molecular formula is C19H23NO. The molecule has 5 atom stereocenters. The van der Waals surface area contributed by atoms with E-state index >= 15 is 0 Å². The Morgan fingerprint density at radius 2 is 2.10 bits per heavy atom. The molecule has 1 aromatic rings. The van der Waals surface area contributed by atoms with Crippen LogP contribution in [0.5, 0.6) is 5.75 Å². The molecule has 0 unspecified atom stereocenters. The predicted octanol–water partition coefficient (Wildman–Crippen LogP) is 4.39. The van der Waals surface area contributed by atoms with Crippen molar-refractivity contribution in [3.63, 3.8) is 0 Å². The molecule has 0 aromatic heterocycles. The lowest BCUT2D eigenvalue weighted by Crippen LogP contribution is -2.42. The molecule has 4 rings (SSSR count). The van der Waals surface area contributed by atoms with Crippen molar-refractivity contribution in [3.8, 4) is 11.8 Å². The van der Waals surface area contributed by atoms with Crippen LogP contribution < -0.4 is 0 Å². The van der Waals surface area contributed by atoms with Gasteiger partial charge in [0.2, 0.25) is 0 Å². The molecule has 1 N–H and O–H groups in total. The highest BCUT2D eigenvalue weighted by molar-refractivity contribution is 5.40. The number of fused-ring (bicyclic) bond motifs is 5. The third-order valence-corrected chi connectivity index (χ3v) is 6.87. The highest BCUT2D eigenvalue weighted by atomic mass is 16.3. The Morgan fingerprint density at radius 1 is 1.24 bits per heavy atom. The molecule has 3 aliphatic rings. The van der Waals surface area contributed by atoms with E-state index in [1.807, 2.05) is 12.1 Å². The summed E-state index contributed by atoms with van der Waals surface area (Å²) < 4.78 is 0. The van der Waals surface area contributed by atoms with Crippen LogP contribution in [0.1, 0.15) is 56.1 Å². The summed E-state index contributed by atoms with van der Waals surface area (Å²) in [6.45, 7) is 2.38. The molecule has 2 fully saturated rings. The van der Waals surface area contributed by atoms with Gasteiger partial charge in [0.05, 0.1) is 12.0 Å². The van der Waals surface area contributed by atoms with E-state index in [4.69, 9.17) is 0 Å². The maximum absolute atomic E-state index is 9.71. The lowest BCUT2D eigenvalue weighted by atomic mass is 9.54. The molecule has 3 aliphatic carbocycles. The fourth-order valence-electron chi connectivity index (χ4n) is 5.78. The zero-order valence-corrected chi connectivity index (χ0v) is 12.7. The standard InChI is InChI=1S/C19H23NO/c1-19-9-8-16-15-6-4-14(21)10-12(15)2-5-17(16)18(19)7-3-13(19)11-20/h4,6,10,13,16-18,21H,2-3,5,7-9H2,1H3/t13-,16-,17-,18+,19-/m1/s1. The third kappa shape index (κ3) is 1.76. The SMILES string of the molecule is C[C@]12CC[C@@H]3c4ccc(O)cc4CC[C@H]3[C@@H]1CC[C@@H]2C#N.